The second-order valence-electron chi connectivity index (χ2n) is 3.85. The molecule has 0 aliphatic heterocycles. The normalized spacial score (nSPS) is 10.4. The van der Waals surface area contributed by atoms with E-state index in [-0.39, 0.29) is 5.91 Å². The summed E-state index contributed by atoms with van der Waals surface area (Å²) in [5.41, 5.74) is 0.502. The summed E-state index contributed by atoms with van der Waals surface area (Å²) in [6, 6.07) is 1.73. The Hall–Kier alpha value is -1.03. The summed E-state index contributed by atoms with van der Waals surface area (Å²) in [6.07, 6.45) is 4.83. The molecule has 0 atom stereocenters. The van der Waals surface area contributed by atoms with Crippen molar-refractivity contribution in [2.45, 2.75) is 19.3 Å². The topological polar surface area (TPSA) is 38.1 Å². The Kier molecular flexibility index (Phi) is 5.32. The molecular weight excluding hydrogens is 226 g/mol. The third-order valence-electron chi connectivity index (χ3n) is 2.41. The Labute approximate surface area is 101 Å². The van der Waals surface area contributed by atoms with Crippen LogP contribution >= 0.6 is 11.6 Å². The fraction of sp³-hybridized carbons (Fsp3) is 0.636. The largest absolute Gasteiger partial charge is 0.340 e. The van der Waals surface area contributed by atoms with Crippen LogP contribution < -0.4 is 0 Å². The van der Waals surface area contributed by atoms with Gasteiger partial charge in [0.15, 0.2) is 0 Å². The van der Waals surface area contributed by atoms with Crippen LogP contribution in [-0.2, 0) is 7.05 Å². The van der Waals surface area contributed by atoms with Gasteiger partial charge >= 0.3 is 0 Å². The molecule has 1 aromatic heterocycles. The van der Waals surface area contributed by atoms with Gasteiger partial charge in [0.25, 0.3) is 5.91 Å². The lowest BCUT2D eigenvalue weighted by molar-refractivity contribution is 0.0786. The molecule has 0 bridgehead atoms. The minimum Gasteiger partial charge on any atom is -0.340 e. The van der Waals surface area contributed by atoms with Crippen LogP contribution in [0, 0.1) is 0 Å². The minimum atomic E-state index is -0.0218. The number of aromatic nitrogens is 2. The monoisotopic (exact) mass is 243 g/mol. The molecule has 0 saturated carbocycles. The van der Waals surface area contributed by atoms with Crippen molar-refractivity contribution >= 4 is 17.5 Å². The number of aryl methyl sites for hydroxylation is 1. The van der Waals surface area contributed by atoms with Crippen LogP contribution in [0.4, 0.5) is 0 Å². The van der Waals surface area contributed by atoms with Gasteiger partial charge in [-0.25, -0.2) is 0 Å². The van der Waals surface area contributed by atoms with Crippen molar-refractivity contribution in [1.82, 2.24) is 14.7 Å². The van der Waals surface area contributed by atoms with Crippen LogP contribution in [0.2, 0.25) is 0 Å². The van der Waals surface area contributed by atoms with E-state index in [1.807, 2.05) is 0 Å². The van der Waals surface area contributed by atoms with Crippen LogP contribution in [0.5, 0.6) is 0 Å². The van der Waals surface area contributed by atoms with Crippen molar-refractivity contribution in [3.05, 3.63) is 18.0 Å². The quantitative estimate of drug-likeness (QED) is 0.565. The molecule has 1 heterocycles. The van der Waals surface area contributed by atoms with Crippen LogP contribution in [-0.4, -0.2) is 40.1 Å². The molecule has 0 fully saturated rings. The summed E-state index contributed by atoms with van der Waals surface area (Å²) >= 11 is 5.58. The molecule has 5 heteroatoms. The van der Waals surface area contributed by atoms with Crippen LogP contribution in [0.3, 0.4) is 0 Å². The highest BCUT2D eigenvalue weighted by Crippen LogP contribution is 2.03. The van der Waals surface area contributed by atoms with Gasteiger partial charge in [0.05, 0.1) is 0 Å². The standard InChI is InChI=1S/C11H18ClN3O/c1-14(8-5-3-4-7-12)11(16)10-6-9-15(2)13-10/h6,9H,3-5,7-8H2,1-2H3. The lowest BCUT2D eigenvalue weighted by atomic mass is 10.2. The van der Waals surface area contributed by atoms with Crippen LogP contribution in [0.15, 0.2) is 12.3 Å². The summed E-state index contributed by atoms with van der Waals surface area (Å²) in [4.78, 5) is 13.6. The van der Waals surface area contributed by atoms with Crippen molar-refractivity contribution in [3.8, 4) is 0 Å². The Morgan fingerprint density at radius 2 is 2.25 bits per heavy atom. The van der Waals surface area contributed by atoms with Gasteiger partial charge < -0.3 is 4.90 Å². The Balaban J connectivity index is 2.36. The smallest absolute Gasteiger partial charge is 0.274 e. The number of carbonyl (C=O) groups excluding carboxylic acids is 1. The van der Waals surface area contributed by atoms with Gasteiger partial charge in [-0.1, -0.05) is 6.42 Å². The van der Waals surface area contributed by atoms with E-state index >= 15 is 0 Å². The van der Waals surface area contributed by atoms with Gasteiger partial charge in [-0.05, 0) is 18.9 Å². The van der Waals surface area contributed by atoms with E-state index in [2.05, 4.69) is 5.10 Å². The second-order valence-corrected chi connectivity index (χ2v) is 4.23. The third kappa shape index (κ3) is 3.85. The number of nitrogens with zero attached hydrogens (tertiary/aromatic N) is 3. The molecule has 0 saturated heterocycles. The number of alkyl halides is 1. The van der Waals surface area contributed by atoms with Crippen molar-refractivity contribution in [1.29, 1.82) is 0 Å². The minimum absolute atomic E-state index is 0.0218. The molecule has 90 valence electrons. The molecule has 0 aromatic carbocycles. The predicted octanol–water partition coefficient (Wildman–Crippen LogP) is 1.90. The van der Waals surface area contributed by atoms with E-state index in [9.17, 15) is 4.79 Å². The first-order chi connectivity index (χ1) is 7.65. The van der Waals surface area contributed by atoms with Gasteiger partial charge in [0.1, 0.15) is 5.69 Å². The van der Waals surface area contributed by atoms with Gasteiger partial charge in [0.2, 0.25) is 0 Å². The molecule has 1 rings (SSSR count). The molecular formula is C11H18ClN3O. The van der Waals surface area contributed by atoms with Crippen molar-refractivity contribution in [3.63, 3.8) is 0 Å². The highest BCUT2D eigenvalue weighted by atomic mass is 35.5. The molecule has 0 spiro atoms. The summed E-state index contributed by atoms with van der Waals surface area (Å²) in [5, 5.41) is 4.08. The van der Waals surface area contributed by atoms with E-state index in [0.29, 0.717) is 11.6 Å². The molecule has 16 heavy (non-hydrogen) atoms. The lowest BCUT2D eigenvalue weighted by Gasteiger charge is -2.15. The maximum absolute atomic E-state index is 11.8. The Bertz CT molecular complexity index is 338. The third-order valence-corrected chi connectivity index (χ3v) is 2.67. The van der Waals surface area contributed by atoms with Gasteiger partial charge in [-0.15, -0.1) is 11.6 Å². The number of rotatable bonds is 6. The molecule has 1 amide bonds. The fourth-order valence-corrected chi connectivity index (χ4v) is 1.64. The van der Waals surface area contributed by atoms with E-state index in [1.165, 1.54) is 0 Å². The van der Waals surface area contributed by atoms with E-state index in [4.69, 9.17) is 11.6 Å². The maximum atomic E-state index is 11.8. The summed E-state index contributed by atoms with van der Waals surface area (Å²) in [6.45, 7) is 0.756. The second kappa shape index (κ2) is 6.53. The first-order valence-corrected chi connectivity index (χ1v) is 5.99. The highest BCUT2D eigenvalue weighted by Gasteiger charge is 2.13. The number of halogens is 1. The Morgan fingerprint density at radius 3 is 2.81 bits per heavy atom. The zero-order valence-corrected chi connectivity index (χ0v) is 10.6. The first-order valence-electron chi connectivity index (χ1n) is 5.46. The zero-order valence-electron chi connectivity index (χ0n) is 9.82. The van der Waals surface area contributed by atoms with Crippen molar-refractivity contribution < 1.29 is 4.79 Å². The number of unbranched alkanes of at least 4 members (excludes halogenated alkanes) is 2. The first kappa shape index (κ1) is 13.0. The van der Waals surface area contributed by atoms with Crippen molar-refractivity contribution in [2.75, 3.05) is 19.5 Å². The van der Waals surface area contributed by atoms with Gasteiger partial charge in [-0.2, -0.15) is 5.10 Å². The van der Waals surface area contributed by atoms with Gasteiger partial charge in [0, 0.05) is 32.7 Å². The molecule has 0 aliphatic rings. The predicted molar refractivity (Wildman–Crippen MR) is 64.7 cm³/mol. The summed E-state index contributed by atoms with van der Waals surface area (Å²) in [7, 11) is 3.61. The van der Waals surface area contributed by atoms with E-state index in [1.54, 1.807) is 35.9 Å². The summed E-state index contributed by atoms with van der Waals surface area (Å²) < 4.78 is 1.63. The van der Waals surface area contributed by atoms with Crippen molar-refractivity contribution in [2.24, 2.45) is 7.05 Å². The molecule has 0 N–H and O–H groups in total. The average molecular weight is 244 g/mol. The molecule has 0 radical (unpaired) electrons. The maximum Gasteiger partial charge on any atom is 0.274 e. The molecule has 0 unspecified atom stereocenters. The highest BCUT2D eigenvalue weighted by molar-refractivity contribution is 6.17. The van der Waals surface area contributed by atoms with Crippen LogP contribution in [0.1, 0.15) is 29.8 Å². The molecule has 1 aromatic rings. The van der Waals surface area contributed by atoms with Gasteiger partial charge in [-0.3, -0.25) is 9.48 Å². The average Bonchev–Trinajstić information content (AvgIpc) is 2.70. The number of carbonyl (C=O) groups is 1. The SMILES string of the molecule is CN(CCCCCCl)C(=O)c1ccn(C)n1. The molecule has 4 nitrogen and oxygen atoms in total. The number of amides is 1. The fourth-order valence-electron chi connectivity index (χ4n) is 1.45. The van der Waals surface area contributed by atoms with E-state index in [0.717, 1.165) is 25.8 Å². The summed E-state index contributed by atoms with van der Waals surface area (Å²) in [5.74, 6) is 0.671. The zero-order chi connectivity index (χ0) is 12.0. The Morgan fingerprint density at radius 1 is 1.50 bits per heavy atom. The van der Waals surface area contributed by atoms with E-state index < -0.39 is 0 Å². The number of hydrogen-bond donors (Lipinski definition) is 0. The lowest BCUT2D eigenvalue weighted by Crippen LogP contribution is -2.28. The molecule has 0 aliphatic carbocycles. The number of hydrogen-bond acceptors (Lipinski definition) is 2. The van der Waals surface area contributed by atoms with Crippen LogP contribution in [0.25, 0.3) is 0 Å².